The monoisotopic (exact) mass is 224 g/mol. The maximum atomic E-state index is 10.6. The molecule has 0 saturated heterocycles. The smallest absolute Gasteiger partial charge is 0.177 e. The van der Waals surface area contributed by atoms with Gasteiger partial charge in [0.25, 0.3) is 0 Å². The molecule has 1 heterocycles. The number of aliphatic hydroxyl groups is 1. The molecule has 1 N–H and O–H groups in total. The summed E-state index contributed by atoms with van der Waals surface area (Å²) in [5.74, 6) is 1.79. The van der Waals surface area contributed by atoms with Crippen molar-refractivity contribution < 1.29 is 5.11 Å². The van der Waals surface area contributed by atoms with Crippen LogP contribution in [0.4, 0.5) is 0 Å². The maximum absolute atomic E-state index is 10.6. The van der Waals surface area contributed by atoms with Crippen molar-refractivity contribution in [2.24, 2.45) is 18.9 Å². The van der Waals surface area contributed by atoms with Crippen LogP contribution in [-0.2, 0) is 13.5 Å². The molecule has 16 heavy (non-hydrogen) atoms. The molecule has 90 valence electrons. The van der Waals surface area contributed by atoms with Crippen LogP contribution in [0.25, 0.3) is 0 Å². The fraction of sp³-hybridized carbons (Fsp3) is 0.909. The minimum absolute atomic E-state index is 0.523. The number of hydrogen-bond donors (Lipinski definition) is 1. The van der Waals surface area contributed by atoms with Crippen molar-refractivity contribution in [2.75, 3.05) is 0 Å². The molecule has 2 atom stereocenters. The molecule has 0 aromatic carbocycles. The third-order valence-corrected chi connectivity index (χ3v) is 3.30. The lowest BCUT2D eigenvalue weighted by Crippen LogP contribution is -2.40. The van der Waals surface area contributed by atoms with Crippen molar-refractivity contribution in [1.29, 1.82) is 0 Å². The van der Waals surface area contributed by atoms with E-state index >= 15 is 0 Å². The lowest BCUT2D eigenvalue weighted by molar-refractivity contribution is -0.0319. The average Bonchev–Trinajstić information content (AvgIpc) is 2.47. The van der Waals surface area contributed by atoms with Gasteiger partial charge >= 0.3 is 0 Å². The van der Waals surface area contributed by atoms with Crippen LogP contribution in [0.2, 0.25) is 0 Å². The summed E-state index contributed by atoms with van der Waals surface area (Å²) in [5.41, 5.74) is -0.639. The SMILES string of the molecule is CC1CC(C)CC(O)(Cc2nnn(C)n2)C1. The van der Waals surface area contributed by atoms with Crippen LogP contribution in [-0.4, -0.2) is 30.9 Å². The highest BCUT2D eigenvalue weighted by atomic mass is 16.3. The second kappa shape index (κ2) is 4.13. The first-order valence-electron chi connectivity index (χ1n) is 5.92. The predicted octanol–water partition coefficient (Wildman–Crippen LogP) is 0.940. The molecule has 1 aromatic rings. The highest BCUT2D eigenvalue weighted by molar-refractivity contribution is 4.95. The Kier molecular flexibility index (Phi) is 2.97. The standard InChI is InChI=1S/C11H20N4O/c1-8-4-9(2)6-11(16,5-8)7-10-12-14-15(3)13-10/h8-9,16H,4-7H2,1-3H3. The van der Waals surface area contributed by atoms with Crippen LogP contribution >= 0.6 is 0 Å². The van der Waals surface area contributed by atoms with Crippen LogP contribution in [0.15, 0.2) is 0 Å². The lowest BCUT2D eigenvalue weighted by atomic mass is 9.72. The Bertz CT molecular complexity index is 353. The molecular formula is C11H20N4O. The van der Waals surface area contributed by atoms with E-state index in [0.717, 1.165) is 12.8 Å². The van der Waals surface area contributed by atoms with E-state index in [1.165, 1.54) is 11.2 Å². The molecule has 5 nitrogen and oxygen atoms in total. The summed E-state index contributed by atoms with van der Waals surface area (Å²) < 4.78 is 0. The number of hydrogen-bond acceptors (Lipinski definition) is 4. The molecule has 1 aliphatic rings. The third-order valence-electron chi connectivity index (χ3n) is 3.30. The largest absolute Gasteiger partial charge is 0.389 e. The Balaban J connectivity index is 2.07. The molecule has 1 saturated carbocycles. The van der Waals surface area contributed by atoms with Gasteiger partial charge in [0, 0.05) is 6.42 Å². The predicted molar refractivity (Wildman–Crippen MR) is 59.6 cm³/mol. The topological polar surface area (TPSA) is 63.8 Å². The number of aryl methyl sites for hydroxylation is 1. The molecule has 0 bridgehead atoms. The first kappa shape index (κ1) is 11.5. The van der Waals surface area contributed by atoms with Crippen LogP contribution in [0, 0.1) is 11.8 Å². The van der Waals surface area contributed by atoms with Gasteiger partial charge in [-0.25, -0.2) is 0 Å². The van der Waals surface area contributed by atoms with Gasteiger partial charge in [-0.2, -0.15) is 4.80 Å². The van der Waals surface area contributed by atoms with Gasteiger partial charge in [-0.1, -0.05) is 13.8 Å². The van der Waals surface area contributed by atoms with Crippen LogP contribution in [0.5, 0.6) is 0 Å². The summed E-state index contributed by atoms with van der Waals surface area (Å²) in [4.78, 5) is 1.44. The van der Waals surface area contributed by atoms with E-state index in [0.29, 0.717) is 24.1 Å². The van der Waals surface area contributed by atoms with Crippen molar-refractivity contribution in [2.45, 2.75) is 45.1 Å². The van der Waals surface area contributed by atoms with Gasteiger partial charge in [-0.3, -0.25) is 0 Å². The van der Waals surface area contributed by atoms with Gasteiger partial charge in [0.05, 0.1) is 12.6 Å². The quantitative estimate of drug-likeness (QED) is 0.812. The van der Waals surface area contributed by atoms with E-state index in [-0.39, 0.29) is 0 Å². The fourth-order valence-corrected chi connectivity index (χ4v) is 3.07. The van der Waals surface area contributed by atoms with E-state index in [1.54, 1.807) is 7.05 Å². The van der Waals surface area contributed by atoms with Crippen molar-refractivity contribution in [1.82, 2.24) is 20.2 Å². The van der Waals surface area contributed by atoms with Crippen molar-refractivity contribution >= 4 is 0 Å². The van der Waals surface area contributed by atoms with E-state index in [1.807, 2.05) is 0 Å². The molecule has 1 fully saturated rings. The minimum atomic E-state index is -0.639. The van der Waals surface area contributed by atoms with E-state index in [2.05, 4.69) is 29.3 Å². The molecular weight excluding hydrogens is 204 g/mol. The molecule has 0 amide bonds. The van der Waals surface area contributed by atoms with Crippen LogP contribution in [0.3, 0.4) is 0 Å². The van der Waals surface area contributed by atoms with Gasteiger partial charge in [0.2, 0.25) is 0 Å². The highest BCUT2D eigenvalue weighted by Crippen LogP contribution is 2.37. The van der Waals surface area contributed by atoms with Gasteiger partial charge in [0.15, 0.2) is 5.82 Å². The summed E-state index contributed by atoms with van der Waals surface area (Å²) in [5, 5.41) is 22.4. The Hall–Kier alpha value is -0.970. The molecule has 2 rings (SSSR count). The molecule has 1 aromatic heterocycles. The molecule has 5 heteroatoms. The van der Waals surface area contributed by atoms with Crippen molar-refractivity contribution in [3.8, 4) is 0 Å². The zero-order valence-corrected chi connectivity index (χ0v) is 10.2. The molecule has 0 aliphatic heterocycles. The fourth-order valence-electron chi connectivity index (χ4n) is 3.07. The van der Waals surface area contributed by atoms with Crippen molar-refractivity contribution in [3.05, 3.63) is 5.82 Å². The van der Waals surface area contributed by atoms with Gasteiger partial charge in [-0.05, 0) is 36.3 Å². The average molecular weight is 224 g/mol. The molecule has 0 radical (unpaired) electrons. The Morgan fingerprint density at radius 3 is 2.50 bits per heavy atom. The number of nitrogens with zero attached hydrogens (tertiary/aromatic N) is 4. The Morgan fingerprint density at radius 1 is 1.38 bits per heavy atom. The minimum Gasteiger partial charge on any atom is -0.389 e. The summed E-state index contributed by atoms with van der Waals surface area (Å²) in [6, 6.07) is 0. The zero-order valence-electron chi connectivity index (χ0n) is 10.2. The van der Waals surface area contributed by atoms with E-state index < -0.39 is 5.60 Å². The lowest BCUT2D eigenvalue weighted by Gasteiger charge is -2.38. The third kappa shape index (κ3) is 2.58. The first-order valence-corrected chi connectivity index (χ1v) is 5.92. The number of tetrazole rings is 1. The van der Waals surface area contributed by atoms with E-state index in [9.17, 15) is 5.11 Å². The second-order valence-electron chi connectivity index (χ2n) is 5.45. The molecule has 2 unspecified atom stereocenters. The van der Waals surface area contributed by atoms with Crippen molar-refractivity contribution in [3.63, 3.8) is 0 Å². The summed E-state index contributed by atoms with van der Waals surface area (Å²) in [7, 11) is 1.74. The maximum Gasteiger partial charge on any atom is 0.177 e. The molecule has 0 spiro atoms. The summed E-state index contributed by atoms with van der Waals surface area (Å²) in [6.07, 6.45) is 3.41. The Morgan fingerprint density at radius 2 is 2.00 bits per heavy atom. The first-order chi connectivity index (χ1) is 7.47. The van der Waals surface area contributed by atoms with E-state index in [4.69, 9.17) is 0 Å². The summed E-state index contributed by atoms with van der Waals surface area (Å²) in [6.45, 7) is 4.40. The second-order valence-corrected chi connectivity index (χ2v) is 5.45. The van der Waals surface area contributed by atoms with Gasteiger partial charge in [-0.15, -0.1) is 10.2 Å². The number of rotatable bonds is 2. The zero-order chi connectivity index (χ0) is 11.8. The summed E-state index contributed by atoms with van der Waals surface area (Å²) >= 11 is 0. The van der Waals surface area contributed by atoms with Crippen LogP contribution < -0.4 is 0 Å². The highest BCUT2D eigenvalue weighted by Gasteiger charge is 2.37. The van der Waals surface area contributed by atoms with Gasteiger partial charge < -0.3 is 5.11 Å². The number of aromatic nitrogens is 4. The molecule has 1 aliphatic carbocycles. The van der Waals surface area contributed by atoms with Gasteiger partial charge in [0.1, 0.15) is 0 Å². The Labute approximate surface area is 95.9 Å². The van der Waals surface area contributed by atoms with Crippen LogP contribution in [0.1, 0.15) is 38.9 Å². The normalized spacial score (nSPS) is 35.2.